The van der Waals surface area contributed by atoms with Crippen LogP contribution in [0.1, 0.15) is 11.6 Å². The second-order valence-electron chi connectivity index (χ2n) is 3.08. The molecule has 1 amide bonds. The highest BCUT2D eigenvalue weighted by Crippen LogP contribution is 2.12. The van der Waals surface area contributed by atoms with Gasteiger partial charge in [-0.15, -0.1) is 5.10 Å². The van der Waals surface area contributed by atoms with Crippen molar-refractivity contribution in [1.82, 2.24) is 16.2 Å². The van der Waals surface area contributed by atoms with E-state index in [2.05, 4.69) is 21.3 Å². The normalized spacial score (nSPS) is 23.3. The lowest BCUT2D eigenvalue weighted by Crippen LogP contribution is -2.59. The summed E-state index contributed by atoms with van der Waals surface area (Å²) in [4.78, 5) is 11.6. The van der Waals surface area contributed by atoms with E-state index in [-0.39, 0.29) is 11.9 Å². The maximum atomic E-state index is 11.6. The molecule has 1 aliphatic rings. The van der Waals surface area contributed by atoms with Crippen molar-refractivity contribution in [2.75, 3.05) is 0 Å². The summed E-state index contributed by atoms with van der Waals surface area (Å²) >= 11 is 0. The number of hydrazone groups is 1. The van der Waals surface area contributed by atoms with Crippen LogP contribution in [0.15, 0.2) is 35.4 Å². The molecule has 0 saturated carbocycles. The maximum absolute atomic E-state index is 11.6. The largest absolute Gasteiger partial charge is 0.320 e. The number of nitrogens with one attached hydrogen (secondary N) is 3. The zero-order chi connectivity index (χ0) is 10.7. The summed E-state index contributed by atoms with van der Waals surface area (Å²) < 4.78 is 0. The van der Waals surface area contributed by atoms with Gasteiger partial charge in [0.1, 0.15) is 6.04 Å². The number of carbonyl (C=O) groups excluding carboxylic acids is 1. The lowest BCUT2D eigenvalue weighted by atomic mass is 10.1. The van der Waals surface area contributed by atoms with Crippen LogP contribution in [0.2, 0.25) is 0 Å². The summed E-state index contributed by atoms with van der Waals surface area (Å²) in [5.41, 5.74) is 6.38. The van der Waals surface area contributed by atoms with E-state index in [1.54, 1.807) is 0 Å². The highest BCUT2D eigenvalue weighted by Gasteiger charge is 2.25. The first-order chi connectivity index (χ1) is 7.31. The zero-order valence-electron chi connectivity index (χ0n) is 7.90. The van der Waals surface area contributed by atoms with Crippen molar-refractivity contribution in [3.63, 3.8) is 0 Å². The first-order valence-electron chi connectivity index (χ1n) is 4.46. The molecule has 1 aromatic rings. The summed E-state index contributed by atoms with van der Waals surface area (Å²) in [6.07, 6.45) is 0. The fourth-order valence-corrected chi connectivity index (χ4v) is 1.37. The summed E-state index contributed by atoms with van der Waals surface area (Å²) in [7, 11) is 0. The number of hydrazine groups is 1. The molecule has 0 aliphatic carbocycles. The first kappa shape index (κ1) is 9.47. The topological polar surface area (TPSA) is 91.5 Å². The molecule has 1 aliphatic heterocycles. The van der Waals surface area contributed by atoms with E-state index in [1.807, 2.05) is 30.3 Å². The molecule has 5 N–H and O–H groups in total. The number of hydrogen-bond donors (Lipinski definition) is 4. The Labute approximate surface area is 86.5 Å². The maximum Gasteiger partial charge on any atom is 0.250 e. The molecule has 1 atom stereocenters. The molecular weight excluding hydrogens is 194 g/mol. The Hall–Kier alpha value is -2.08. The van der Waals surface area contributed by atoms with Crippen molar-refractivity contribution in [3.05, 3.63) is 35.9 Å². The minimum absolute atomic E-state index is 0.191. The molecule has 1 aromatic carbocycles. The summed E-state index contributed by atoms with van der Waals surface area (Å²) in [5, 5.41) is 5.86. The average Bonchev–Trinajstić information content (AvgIpc) is 2.30. The molecule has 0 bridgehead atoms. The Morgan fingerprint density at radius 2 is 2.00 bits per heavy atom. The Balaban J connectivity index is 2.17. The van der Waals surface area contributed by atoms with E-state index in [1.165, 1.54) is 0 Å². The smallest absolute Gasteiger partial charge is 0.250 e. The summed E-state index contributed by atoms with van der Waals surface area (Å²) in [6, 6.07) is 8.93. The third-order valence-corrected chi connectivity index (χ3v) is 2.10. The third kappa shape index (κ3) is 1.89. The number of carbonyl (C=O) groups is 1. The van der Waals surface area contributed by atoms with Crippen LogP contribution >= 0.6 is 0 Å². The fourth-order valence-electron chi connectivity index (χ4n) is 1.37. The number of nitrogens with two attached hydrogens (primary N) is 1. The standard InChI is InChI=1S/C9H11N5O/c10-12-9-11-8(15)7(13-14-9)6-4-2-1-3-5-6/h1-5,7,13H,10H2,(H2,11,12,14,15). The van der Waals surface area contributed by atoms with Crippen molar-refractivity contribution < 1.29 is 4.79 Å². The molecule has 1 unspecified atom stereocenters. The van der Waals surface area contributed by atoms with Crippen LogP contribution < -0.4 is 22.0 Å². The predicted molar refractivity (Wildman–Crippen MR) is 55.2 cm³/mol. The quantitative estimate of drug-likeness (QED) is 0.356. The van der Waals surface area contributed by atoms with Gasteiger partial charge in [0.05, 0.1) is 0 Å². The number of nitrogens with zero attached hydrogens (tertiary/aromatic N) is 1. The van der Waals surface area contributed by atoms with E-state index >= 15 is 0 Å². The summed E-state index contributed by atoms with van der Waals surface area (Å²) in [6.45, 7) is 0. The summed E-state index contributed by atoms with van der Waals surface area (Å²) in [5.74, 6) is 5.04. The lowest BCUT2D eigenvalue weighted by molar-refractivity contribution is -0.122. The van der Waals surface area contributed by atoms with Crippen LogP contribution in [0.25, 0.3) is 0 Å². The van der Waals surface area contributed by atoms with Gasteiger partial charge in [-0.2, -0.15) is 0 Å². The molecule has 1 heterocycles. The monoisotopic (exact) mass is 205 g/mol. The van der Waals surface area contributed by atoms with E-state index in [0.717, 1.165) is 5.56 Å². The second kappa shape index (κ2) is 3.97. The third-order valence-electron chi connectivity index (χ3n) is 2.10. The Morgan fingerprint density at radius 3 is 2.60 bits per heavy atom. The predicted octanol–water partition coefficient (Wildman–Crippen LogP) is -0.819. The highest BCUT2D eigenvalue weighted by atomic mass is 16.2. The molecule has 15 heavy (non-hydrogen) atoms. The number of benzene rings is 1. The van der Waals surface area contributed by atoms with Gasteiger partial charge in [0, 0.05) is 0 Å². The van der Waals surface area contributed by atoms with Gasteiger partial charge in [-0.3, -0.25) is 15.5 Å². The van der Waals surface area contributed by atoms with Gasteiger partial charge in [0.2, 0.25) is 11.9 Å². The molecule has 1 saturated heterocycles. The van der Waals surface area contributed by atoms with Gasteiger partial charge >= 0.3 is 0 Å². The zero-order valence-corrected chi connectivity index (χ0v) is 7.90. The van der Waals surface area contributed by atoms with Gasteiger partial charge in [-0.05, 0) is 5.56 Å². The van der Waals surface area contributed by atoms with Gasteiger partial charge in [0.15, 0.2) is 0 Å². The lowest BCUT2D eigenvalue weighted by Gasteiger charge is -2.25. The van der Waals surface area contributed by atoms with Gasteiger partial charge in [0.25, 0.3) is 0 Å². The van der Waals surface area contributed by atoms with E-state index in [9.17, 15) is 4.79 Å². The molecule has 6 nitrogen and oxygen atoms in total. The fraction of sp³-hybridized carbons (Fsp3) is 0.111. The van der Waals surface area contributed by atoms with Crippen molar-refractivity contribution in [2.45, 2.75) is 6.04 Å². The van der Waals surface area contributed by atoms with Crippen LogP contribution in [0.4, 0.5) is 0 Å². The van der Waals surface area contributed by atoms with Gasteiger partial charge < -0.3 is 5.84 Å². The second-order valence-corrected chi connectivity index (χ2v) is 3.08. The SMILES string of the molecule is N/N=C1\NNC(c2ccccc2)C(=O)N1. The van der Waals surface area contributed by atoms with Crippen LogP contribution in [0, 0.1) is 0 Å². The van der Waals surface area contributed by atoms with Crippen molar-refractivity contribution in [2.24, 2.45) is 10.9 Å². The van der Waals surface area contributed by atoms with Gasteiger partial charge in [-0.25, -0.2) is 5.43 Å². The number of rotatable bonds is 1. The Kier molecular flexibility index (Phi) is 2.51. The Morgan fingerprint density at radius 1 is 1.27 bits per heavy atom. The molecule has 0 aromatic heterocycles. The van der Waals surface area contributed by atoms with E-state index in [0.29, 0.717) is 0 Å². The van der Waals surface area contributed by atoms with E-state index < -0.39 is 6.04 Å². The molecule has 0 spiro atoms. The molecule has 0 radical (unpaired) electrons. The molecule has 78 valence electrons. The minimum Gasteiger partial charge on any atom is -0.320 e. The minimum atomic E-state index is -0.434. The average molecular weight is 205 g/mol. The number of guanidine groups is 1. The van der Waals surface area contributed by atoms with Crippen LogP contribution in [-0.2, 0) is 4.79 Å². The van der Waals surface area contributed by atoms with Gasteiger partial charge in [-0.1, -0.05) is 30.3 Å². The van der Waals surface area contributed by atoms with Crippen molar-refractivity contribution in [3.8, 4) is 0 Å². The molecule has 1 fully saturated rings. The number of hydrogen-bond acceptors (Lipinski definition) is 4. The van der Waals surface area contributed by atoms with Crippen LogP contribution in [0.3, 0.4) is 0 Å². The molecular formula is C9H11N5O. The molecule has 2 rings (SSSR count). The Bertz CT molecular complexity index is 389. The van der Waals surface area contributed by atoms with E-state index in [4.69, 9.17) is 5.84 Å². The van der Waals surface area contributed by atoms with Crippen LogP contribution in [0.5, 0.6) is 0 Å². The molecule has 6 heteroatoms. The van der Waals surface area contributed by atoms with Crippen LogP contribution in [-0.4, -0.2) is 11.9 Å². The first-order valence-corrected chi connectivity index (χ1v) is 4.46. The van der Waals surface area contributed by atoms with Crippen molar-refractivity contribution >= 4 is 11.9 Å². The van der Waals surface area contributed by atoms with Crippen molar-refractivity contribution in [1.29, 1.82) is 0 Å². The highest BCUT2D eigenvalue weighted by molar-refractivity contribution is 6.01. The number of amides is 1.